The van der Waals surface area contributed by atoms with Crippen LogP contribution >= 0.6 is 0 Å². The minimum atomic E-state index is -0.577. The molecule has 2 heterocycles. The van der Waals surface area contributed by atoms with Gasteiger partial charge in [-0.1, -0.05) is 0 Å². The predicted molar refractivity (Wildman–Crippen MR) is 61.5 cm³/mol. The van der Waals surface area contributed by atoms with Gasteiger partial charge in [-0.3, -0.25) is 10.1 Å². The van der Waals surface area contributed by atoms with Gasteiger partial charge in [-0.15, -0.1) is 0 Å². The van der Waals surface area contributed by atoms with E-state index in [-0.39, 0.29) is 18.9 Å². The van der Waals surface area contributed by atoms with Gasteiger partial charge in [0.15, 0.2) is 0 Å². The van der Waals surface area contributed by atoms with Gasteiger partial charge < -0.3 is 10.0 Å². The molecule has 7 nitrogen and oxygen atoms in total. The topological polar surface area (TPSA) is 95.4 Å². The molecule has 1 aliphatic heterocycles. The second-order valence-corrected chi connectivity index (χ2v) is 4.01. The first kappa shape index (κ1) is 12.4. The molecule has 1 aromatic heterocycles. The number of nitrogens with one attached hydrogen (secondary N) is 1. The molecule has 0 aliphatic carbocycles. The Balaban J connectivity index is 1.98. The third-order valence-electron chi connectivity index (χ3n) is 2.83. The standard InChI is InChI=1S/C11H14N4O3/c16-4-2-9-10(17)14-11(18)15(9)3-1-8-5-12-7-13-6-8/h5-7,9,16H,1-4H2,(H,14,17,18). The van der Waals surface area contributed by atoms with Crippen LogP contribution in [0.2, 0.25) is 0 Å². The van der Waals surface area contributed by atoms with E-state index in [9.17, 15) is 9.59 Å². The lowest BCUT2D eigenvalue weighted by molar-refractivity contribution is -0.121. The molecule has 96 valence electrons. The van der Waals surface area contributed by atoms with Crippen molar-refractivity contribution in [3.63, 3.8) is 0 Å². The SMILES string of the molecule is O=C1NC(=O)N(CCc2cncnc2)C1CCO. The molecule has 0 radical (unpaired) electrons. The van der Waals surface area contributed by atoms with E-state index < -0.39 is 12.1 Å². The lowest BCUT2D eigenvalue weighted by Crippen LogP contribution is -2.37. The normalized spacial score (nSPS) is 19.2. The minimum Gasteiger partial charge on any atom is -0.396 e. The molecule has 0 bridgehead atoms. The van der Waals surface area contributed by atoms with E-state index >= 15 is 0 Å². The molecule has 1 unspecified atom stereocenters. The van der Waals surface area contributed by atoms with Gasteiger partial charge in [-0.2, -0.15) is 0 Å². The summed E-state index contributed by atoms with van der Waals surface area (Å²) in [6.07, 6.45) is 5.60. The fourth-order valence-corrected chi connectivity index (χ4v) is 1.92. The summed E-state index contributed by atoms with van der Waals surface area (Å²) in [7, 11) is 0. The second kappa shape index (κ2) is 5.54. The summed E-state index contributed by atoms with van der Waals surface area (Å²) in [5.74, 6) is -0.349. The van der Waals surface area contributed by atoms with Crippen LogP contribution in [0.4, 0.5) is 4.79 Å². The maximum atomic E-state index is 11.6. The van der Waals surface area contributed by atoms with Crippen molar-refractivity contribution in [3.05, 3.63) is 24.3 Å². The Kier molecular flexibility index (Phi) is 3.83. The maximum Gasteiger partial charge on any atom is 0.324 e. The van der Waals surface area contributed by atoms with Gasteiger partial charge in [0.25, 0.3) is 5.91 Å². The van der Waals surface area contributed by atoms with E-state index in [0.717, 1.165) is 5.56 Å². The Bertz CT molecular complexity index is 437. The largest absolute Gasteiger partial charge is 0.396 e. The number of carbonyl (C=O) groups excluding carboxylic acids is 2. The quantitative estimate of drug-likeness (QED) is 0.675. The molecule has 0 spiro atoms. The monoisotopic (exact) mass is 250 g/mol. The molecule has 18 heavy (non-hydrogen) atoms. The molecule has 7 heteroatoms. The Morgan fingerprint density at radius 2 is 2.06 bits per heavy atom. The third-order valence-corrected chi connectivity index (χ3v) is 2.83. The zero-order valence-corrected chi connectivity index (χ0v) is 9.74. The summed E-state index contributed by atoms with van der Waals surface area (Å²) < 4.78 is 0. The molecule has 1 fully saturated rings. The van der Waals surface area contributed by atoms with Gasteiger partial charge in [-0.05, 0) is 18.4 Å². The smallest absolute Gasteiger partial charge is 0.324 e. The Hall–Kier alpha value is -2.02. The van der Waals surface area contributed by atoms with Gasteiger partial charge in [0.1, 0.15) is 12.4 Å². The van der Waals surface area contributed by atoms with Crippen molar-refractivity contribution in [2.45, 2.75) is 18.9 Å². The van der Waals surface area contributed by atoms with Crippen molar-refractivity contribution in [1.82, 2.24) is 20.2 Å². The number of aliphatic hydroxyl groups is 1. The predicted octanol–water partition coefficient (Wildman–Crippen LogP) is -0.678. The number of amides is 3. The zero-order valence-electron chi connectivity index (χ0n) is 9.74. The summed E-state index contributed by atoms with van der Waals surface area (Å²) in [6.45, 7) is 0.270. The van der Waals surface area contributed by atoms with Crippen LogP contribution < -0.4 is 5.32 Å². The molecule has 3 amide bonds. The highest BCUT2D eigenvalue weighted by Crippen LogP contribution is 2.12. The second-order valence-electron chi connectivity index (χ2n) is 4.01. The number of carbonyl (C=O) groups is 2. The number of urea groups is 1. The van der Waals surface area contributed by atoms with E-state index in [1.54, 1.807) is 12.4 Å². The highest BCUT2D eigenvalue weighted by Gasteiger charge is 2.37. The number of imide groups is 1. The molecule has 1 aromatic rings. The van der Waals surface area contributed by atoms with Crippen LogP contribution in [0, 0.1) is 0 Å². The summed E-state index contributed by atoms with van der Waals surface area (Å²) >= 11 is 0. The lowest BCUT2D eigenvalue weighted by Gasteiger charge is -2.20. The molecule has 2 rings (SSSR count). The van der Waals surface area contributed by atoms with Gasteiger partial charge in [0.05, 0.1) is 0 Å². The van der Waals surface area contributed by atoms with Crippen molar-refractivity contribution in [2.75, 3.05) is 13.2 Å². The number of nitrogens with zero attached hydrogens (tertiary/aromatic N) is 3. The average Bonchev–Trinajstić information content (AvgIpc) is 2.64. The van der Waals surface area contributed by atoms with Crippen LogP contribution in [0.15, 0.2) is 18.7 Å². The van der Waals surface area contributed by atoms with Crippen LogP contribution in [0.25, 0.3) is 0 Å². The number of rotatable bonds is 5. The molecule has 2 N–H and O–H groups in total. The first-order chi connectivity index (χ1) is 8.72. The fourth-order valence-electron chi connectivity index (χ4n) is 1.92. The summed E-state index contributed by atoms with van der Waals surface area (Å²) in [5, 5.41) is 11.1. The lowest BCUT2D eigenvalue weighted by atomic mass is 10.1. The van der Waals surface area contributed by atoms with Gasteiger partial charge >= 0.3 is 6.03 Å². The van der Waals surface area contributed by atoms with Crippen molar-refractivity contribution >= 4 is 11.9 Å². The zero-order chi connectivity index (χ0) is 13.0. The van der Waals surface area contributed by atoms with Crippen molar-refractivity contribution in [1.29, 1.82) is 0 Å². The number of hydrogen-bond acceptors (Lipinski definition) is 5. The highest BCUT2D eigenvalue weighted by atomic mass is 16.3. The summed E-state index contributed by atoms with van der Waals surface area (Å²) in [5.41, 5.74) is 0.896. The average molecular weight is 250 g/mol. The van der Waals surface area contributed by atoms with Gasteiger partial charge in [-0.25, -0.2) is 14.8 Å². The van der Waals surface area contributed by atoms with E-state index in [1.807, 2.05) is 0 Å². The van der Waals surface area contributed by atoms with E-state index in [4.69, 9.17) is 5.11 Å². The fraction of sp³-hybridized carbons (Fsp3) is 0.455. The van der Waals surface area contributed by atoms with Crippen LogP contribution in [0.3, 0.4) is 0 Å². The van der Waals surface area contributed by atoms with Crippen molar-refractivity contribution < 1.29 is 14.7 Å². The van der Waals surface area contributed by atoms with Crippen LogP contribution in [0.5, 0.6) is 0 Å². The molecule has 1 aliphatic rings. The van der Waals surface area contributed by atoms with Crippen LogP contribution in [-0.2, 0) is 11.2 Å². The number of hydrogen-bond donors (Lipinski definition) is 2. The first-order valence-corrected chi connectivity index (χ1v) is 5.68. The Labute approximate surface area is 104 Å². The highest BCUT2D eigenvalue weighted by molar-refractivity contribution is 6.04. The van der Waals surface area contributed by atoms with Crippen LogP contribution in [0.1, 0.15) is 12.0 Å². The van der Waals surface area contributed by atoms with Crippen LogP contribution in [-0.4, -0.2) is 51.1 Å². The summed E-state index contributed by atoms with van der Waals surface area (Å²) in [4.78, 5) is 32.3. The van der Waals surface area contributed by atoms with Gasteiger partial charge in [0, 0.05) is 25.5 Å². The molecule has 1 saturated heterocycles. The van der Waals surface area contributed by atoms with Crippen molar-refractivity contribution in [3.8, 4) is 0 Å². The number of aromatic nitrogens is 2. The first-order valence-electron chi connectivity index (χ1n) is 5.68. The van der Waals surface area contributed by atoms with E-state index in [0.29, 0.717) is 13.0 Å². The number of aliphatic hydroxyl groups excluding tert-OH is 1. The van der Waals surface area contributed by atoms with E-state index in [2.05, 4.69) is 15.3 Å². The molecular formula is C11H14N4O3. The molecule has 0 aromatic carbocycles. The van der Waals surface area contributed by atoms with Crippen molar-refractivity contribution in [2.24, 2.45) is 0 Å². The minimum absolute atomic E-state index is 0.129. The molecule has 0 saturated carbocycles. The van der Waals surface area contributed by atoms with E-state index in [1.165, 1.54) is 11.2 Å². The van der Waals surface area contributed by atoms with Gasteiger partial charge in [0.2, 0.25) is 0 Å². The molecule has 1 atom stereocenters. The third kappa shape index (κ3) is 2.62. The Morgan fingerprint density at radius 3 is 2.72 bits per heavy atom. The Morgan fingerprint density at radius 1 is 1.33 bits per heavy atom. The maximum absolute atomic E-state index is 11.6. The summed E-state index contributed by atoms with van der Waals surface area (Å²) in [6, 6.07) is -0.984. The molecular weight excluding hydrogens is 236 g/mol.